The lowest BCUT2D eigenvalue weighted by Crippen LogP contribution is -2.48. The second-order valence-corrected chi connectivity index (χ2v) is 6.99. The minimum atomic E-state index is -0.270. The van der Waals surface area contributed by atoms with Crippen LogP contribution in [-0.2, 0) is 17.8 Å². The summed E-state index contributed by atoms with van der Waals surface area (Å²) < 4.78 is 1.61. The number of aromatic nitrogens is 2. The molecule has 1 aliphatic carbocycles. The first-order valence-electron chi connectivity index (χ1n) is 9.06. The molecule has 0 spiro atoms. The summed E-state index contributed by atoms with van der Waals surface area (Å²) in [6, 6.07) is 10.8. The van der Waals surface area contributed by atoms with E-state index in [2.05, 4.69) is 10.3 Å². The number of nitrogens with zero attached hydrogens (tertiary/aromatic N) is 2. The van der Waals surface area contributed by atoms with Crippen LogP contribution in [0.15, 0.2) is 47.4 Å². The van der Waals surface area contributed by atoms with Crippen LogP contribution in [0.1, 0.15) is 30.7 Å². The topological polar surface area (TPSA) is 84.2 Å². The lowest BCUT2D eigenvalue weighted by molar-refractivity contribution is -0.123. The molecule has 2 N–H and O–H groups in total. The van der Waals surface area contributed by atoms with E-state index >= 15 is 0 Å². The maximum Gasteiger partial charge on any atom is 0.250 e. The van der Waals surface area contributed by atoms with Gasteiger partial charge in [0.25, 0.3) is 5.56 Å². The SMILES string of the molecule is Cc1cccc(=O)n1CCC(=O)N[C@H](Cc1ccccn1)C1CC(O)C1. The third kappa shape index (κ3) is 4.58. The normalized spacial score (nSPS) is 20.2. The van der Waals surface area contributed by atoms with E-state index in [1.54, 1.807) is 16.8 Å². The van der Waals surface area contributed by atoms with Gasteiger partial charge in [0.05, 0.1) is 6.10 Å². The van der Waals surface area contributed by atoms with Crippen molar-refractivity contribution in [2.45, 2.75) is 51.3 Å². The van der Waals surface area contributed by atoms with Crippen molar-refractivity contribution in [1.29, 1.82) is 0 Å². The highest BCUT2D eigenvalue weighted by atomic mass is 16.3. The summed E-state index contributed by atoms with van der Waals surface area (Å²) in [5, 5.41) is 12.7. The molecule has 6 nitrogen and oxygen atoms in total. The van der Waals surface area contributed by atoms with E-state index < -0.39 is 0 Å². The van der Waals surface area contributed by atoms with Crippen LogP contribution >= 0.6 is 0 Å². The van der Waals surface area contributed by atoms with Gasteiger partial charge in [0.1, 0.15) is 0 Å². The van der Waals surface area contributed by atoms with Gasteiger partial charge in [-0.3, -0.25) is 14.6 Å². The molecule has 2 aromatic heterocycles. The molecule has 26 heavy (non-hydrogen) atoms. The molecule has 0 unspecified atom stereocenters. The van der Waals surface area contributed by atoms with Crippen LogP contribution in [0.2, 0.25) is 0 Å². The molecular formula is C20H25N3O3. The van der Waals surface area contributed by atoms with Crippen LogP contribution in [0.25, 0.3) is 0 Å². The number of aryl methyl sites for hydroxylation is 1. The number of hydrogen-bond acceptors (Lipinski definition) is 4. The summed E-state index contributed by atoms with van der Waals surface area (Å²) in [6.07, 6.45) is 3.78. The predicted molar refractivity (Wildman–Crippen MR) is 98.7 cm³/mol. The van der Waals surface area contributed by atoms with Crippen molar-refractivity contribution in [1.82, 2.24) is 14.9 Å². The van der Waals surface area contributed by atoms with Gasteiger partial charge >= 0.3 is 0 Å². The standard InChI is InChI=1S/C20H25N3O3/c1-14-5-4-7-20(26)23(14)10-8-19(25)22-18(15-11-17(24)12-15)13-16-6-2-3-9-21-16/h2-7,9,15,17-18,24H,8,10-13H2,1H3,(H,22,25)/t15?,17?,18-/m1/s1. The lowest BCUT2D eigenvalue weighted by Gasteiger charge is -2.38. The second-order valence-electron chi connectivity index (χ2n) is 6.99. The van der Waals surface area contributed by atoms with Crippen molar-refractivity contribution in [2.75, 3.05) is 0 Å². The van der Waals surface area contributed by atoms with Crippen molar-refractivity contribution in [3.63, 3.8) is 0 Å². The highest BCUT2D eigenvalue weighted by molar-refractivity contribution is 5.76. The van der Waals surface area contributed by atoms with Gasteiger partial charge < -0.3 is 15.0 Å². The summed E-state index contributed by atoms with van der Waals surface area (Å²) in [6.45, 7) is 2.22. The van der Waals surface area contributed by atoms with Gasteiger partial charge in [-0.05, 0) is 43.9 Å². The van der Waals surface area contributed by atoms with Crippen LogP contribution in [-0.4, -0.2) is 32.7 Å². The number of nitrogens with one attached hydrogen (secondary N) is 1. The zero-order valence-corrected chi connectivity index (χ0v) is 15.0. The van der Waals surface area contributed by atoms with Crippen molar-refractivity contribution in [2.24, 2.45) is 5.92 Å². The summed E-state index contributed by atoms with van der Waals surface area (Å²) >= 11 is 0. The molecule has 1 aliphatic rings. The highest BCUT2D eigenvalue weighted by Crippen LogP contribution is 2.31. The van der Waals surface area contributed by atoms with E-state index in [1.807, 2.05) is 31.2 Å². The second kappa shape index (κ2) is 8.27. The van der Waals surface area contributed by atoms with Crippen molar-refractivity contribution in [3.05, 3.63) is 64.3 Å². The van der Waals surface area contributed by atoms with E-state index in [-0.39, 0.29) is 36.0 Å². The zero-order chi connectivity index (χ0) is 18.5. The Morgan fingerprint density at radius 1 is 1.31 bits per heavy atom. The Labute approximate surface area is 152 Å². The maximum absolute atomic E-state index is 12.5. The van der Waals surface area contributed by atoms with Gasteiger partial charge in [0.15, 0.2) is 0 Å². The van der Waals surface area contributed by atoms with Gasteiger partial charge in [-0.2, -0.15) is 0 Å². The average molecular weight is 355 g/mol. The molecule has 0 aliphatic heterocycles. The predicted octanol–water partition coefficient (Wildman–Crippen LogP) is 1.44. The monoisotopic (exact) mass is 355 g/mol. The van der Waals surface area contributed by atoms with Crippen LogP contribution in [0, 0.1) is 12.8 Å². The van der Waals surface area contributed by atoms with Crippen LogP contribution in [0.5, 0.6) is 0 Å². The molecule has 1 fully saturated rings. The van der Waals surface area contributed by atoms with Crippen molar-refractivity contribution in [3.8, 4) is 0 Å². The molecule has 3 rings (SSSR count). The van der Waals surface area contributed by atoms with Gasteiger partial charge in [-0.1, -0.05) is 12.1 Å². The Morgan fingerprint density at radius 2 is 2.12 bits per heavy atom. The molecule has 1 saturated carbocycles. The number of carbonyl (C=O) groups is 1. The first-order chi connectivity index (χ1) is 12.5. The van der Waals surface area contributed by atoms with Gasteiger partial charge in [0, 0.05) is 49.1 Å². The lowest BCUT2D eigenvalue weighted by atomic mass is 9.76. The Kier molecular flexibility index (Phi) is 5.83. The Bertz CT molecular complexity index is 797. The molecule has 6 heteroatoms. The van der Waals surface area contributed by atoms with Gasteiger partial charge in [0.2, 0.25) is 5.91 Å². The minimum Gasteiger partial charge on any atom is -0.393 e. The van der Waals surface area contributed by atoms with Gasteiger partial charge in [-0.25, -0.2) is 0 Å². The molecule has 0 radical (unpaired) electrons. The van der Waals surface area contributed by atoms with Crippen LogP contribution in [0.4, 0.5) is 0 Å². The molecule has 1 atom stereocenters. The summed E-state index contributed by atoms with van der Waals surface area (Å²) in [7, 11) is 0. The van der Waals surface area contributed by atoms with E-state index in [1.165, 1.54) is 6.07 Å². The number of amides is 1. The molecule has 0 aromatic carbocycles. The smallest absolute Gasteiger partial charge is 0.250 e. The van der Waals surface area contributed by atoms with E-state index in [9.17, 15) is 14.7 Å². The Balaban J connectivity index is 1.61. The summed E-state index contributed by atoms with van der Waals surface area (Å²) in [5.41, 5.74) is 1.68. The molecule has 1 amide bonds. The third-order valence-corrected chi connectivity index (χ3v) is 5.05. The highest BCUT2D eigenvalue weighted by Gasteiger charge is 2.34. The van der Waals surface area contributed by atoms with Gasteiger partial charge in [-0.15, -0.1) is 0 Å². The van der Waals surface area contributed by atoms with Crippen molar-refractivity contribution < 1.29 is 9.90 Å². The average Bonchev–Trinajstić information content (AvgIpc) is 2.59. The fourth-order valence-corrected chi connectivity index (χ4v) is 3.44. The summed E-state index contributed by atoms with van der Waals surface area (Å²) in [5.74, 6) is 0.180. The first-order valence-corrected chi connectivity index (χ1v) is 9.06. The first kappa shape index (κ1) is 18.3. The van der Waals surface area contributed by atoms with Crippen molar-refractivity contribution >= 4 is 5.91 Å². The molecule has 138 valence electrons. The quantitative estimate of drug-likeness (QED) is 0.787. The third-order valence-electron chi connectivity index (χ3n) is 5.05. The fraction of sp³-hybridized carbons (Fsp3) is 0.450. The number of aliphatic hydroxyl groups excluding tert-OH is 1. The number of hydrogen-bond donors (Lipinski definition) is 2. The van der Waals surface area contributed by atoms with E-state index in [4.69, 9.17) is 0 Å². The molecule has 2 aromatic rings. The number of pyridine rings is 2. The maximum atomic E-state index is 12.5. The molecule has 0 bridgehead atoms. The minimum absolute atomic E-state index is 0.0469. The Hall–Kier alpha value is -2.47. The van der Waals surface area contributed by atoms with Crippen LogP contribution < -0.4 is 10.9 Å². The van der Waals surface area contributed by atoms with Crippen LogP contribution in [0.3, 0.4) is 0 Å². The van der Waals surface area contributed by atoms with E-state index in [0.717, 1.165) is 11.4 Å². The van der Waals surface area contributed by atoms with E-state index in [0.29, 0.717) is 25.8 Å². The Morgan fingerprint density at radius 3 is 2.77 bits per heavy atom. The number of aliphatic hydroxyl groups is 1. The molecule has 2 heterocycles. The fourth-order valence-electron chi connectivity index (χ4n) is 3.44. The molecule has 0 saturated heterocycles. The number of rotatable bonds is 7. The molecular weight excluding hydrogens is 330 g/mol. The summed E-state index contributed by atoms with van der Waals surface area (Å²) in [4.78, 5) is 28.7. The largest absolute Gasteiger partial charge is 0.393 e. The number of carbonyl (C=O) groups excluding carboxylic acids is 1. The zero-order valence-electron chi connectivity index (χ0n) is 15.0.